The monoisotopic (exact) mass is 510 g/mol. The number of ether oxygens (including phenoxy) is 1. The number of nitro groups is 1. The lowest BCUT2D eigenvalue weighted by Crippen LogP contribution is -2.40. The molecule has 1 N–H and O–H groups in total. The molecule has 3 heterocycles. The standard InChI is InChI=1S/C24H26N6O5S/c1-16(2)28(13-17-6-4-3-5-7-17)23-21-22(26-15-27-23)25-12-19-14-35-24(21)29(19)36(33,34)20-10-8-18(9-11-20)30(31)32/h3-11,15-16,19,24H,12-14H2,1-2H3,(H,25,26,27)/t19-,24-/m0/s1. The number of nitrogens with one attached hydrogen (secondary N) is 1. The van der Waals surface area contributed by atoms with Gasteiger partial charge in [0.25, 0.3) is 5.69 Å². The summed E-state index contributed by atoms with van der Waals surface area (Å²) >= 11 is 0. The molecule has 1 fully saturated rings. The molecule has 0 saturated carbocycles. The van der Waals surface area contributed by atoms with Crippen LogP contribution in [0.1, 0.15) is 31.2 Å². The highest BCUT2D eigenvalue weighted by Gasteiger charge is 2.48. The summed E-state index contributed by atoms with van der Waals surface area (Å²) in [5.41, 5.74) is 1.45. The molecule has 11 nitrogen and oxygen atoms in total. The fourth-order valence-corrected chi connectivity index (χ4v) is 6.23. The van der Waals surface area contributed by atoms with Gasteiger partial charge in [-0.1, -0.05) is 30.3 Å². The first-order chi connectivity index (χ1) is 17.3. The molecule has 2 aliphatic heterocycles. The summed E-state index contributed by atoms with van der Waals surface area (Å²) in [6.45, 7) is 5.15. The third-order valence-electron chi connectivity index (χ3n) is 6.37. The zero-order valence-electron chi connectivity index (χ0n) is 19.8. The molecular formula is C24H26N6O5S. The van der Waals surface area contributed by atoms with Gasteiger partial charge >= 0.3 is 0 Å². The third kappa shape index (κ3) is 4.27. The number of benzene rings is 2. The van der Waals surface area contributed by atoms with Gasteiger partial charge < -0.3 is 15.0 Å². The van der Waals surface area contributed by atoms with Crippen LogP contribution in [0.5, 0.6) is 0 Å². The van der Waals surface area contributed by atoms with Crippen LogP contribution < -0.4 is 10.2 Å². The van der Waals surface area contributed by atoms with Crippen molar-refractivity contribution in [2.75, 3.05) is 23.4 Å². The van der Waals surface area contributed by atoms with Crippen LogP contribution in [0.25, 0.3) is 0 Å². The van der Waals surface area contributed by atoms with E-state index >= 15 is 0 Å². The molecule has 2 bridgehead atoms. The van der Waals surface area contributed by atoms with Gasteiger partial charge in [-0.2, -0.15) is 4.31 Å². The van der Waals surface area contributed by atoms with Crippen LogP contribution in [-0.4, -0.2) is 52.8 Å². The van der Waals surface area contributed by atoms with Crippen molar-refractivity contribution in [3.05, 3.63) is 82.2 Å². The molecule has 1 saturated heterocycles. The van der Waals surface area contributed by atoms with Crippen molar-refractivity contribution in [1.82, 2.24) is 14.3 Å². The Balaban J connectivity index is 1.58. The maximum Gasteiger partial charge on any atom is 0.269 e. The molecule has 2 atom stereocenters. The molecule has 0 amide bonds. The third-order valence-corrected chi connectivity index (χ3v) is 8.28. The molecule has 3 aromatic rings. The Labute approximate surface area is 208 Å². The zero-order chi connectivity index (χ0) is 25.4. The van der Waals surface area contributed by atoms with Crippen LogP contribution in [0.15, 0.2) is 65.8 Å². The lowest BCUT2D eigenvalue weighted by molar-refractivity contribution is -0.384. The average molecular weight is 511 g/mol. The van der Waals surface area contributed by atoms with Gasteiger partial charge in [-0.15, -0.1) is 0 Å². The number of anilines is 2. The van der Waals surface area contributed by atoms with Crippen LogP contribution in [0.2, 0.25) is 0 Å². The van der Waals surface area contributed by atoms with E-state index in [4.69, 9.17) is 4.74 Å². The van der Waals surface area contributed by atoms with E-state index < -0.39 is 27.2 Å². The van der Waals surface area contributed by atoms with E-state index in [1.54, 1.807) is 0 Å². The first-order valence-electron chi connectivity index (χ1n) is 11.6. The van der Waals surface area contributed by atoms with E-state index in [1.165, 1.54) is 34.9 Å². The van der Waals surface area contributed by atoms with Crippen molar-refractivity contribution in [2.45, 2.75) is 43.6 Å². The Hall–Kier alpha value is -3.61. The van der Waals surface area contributed by atoms with E-state index in [0.717, 1.165) is 5.56 Å². The number of sulfonamides is 1. The maximum atomic E-state index is 13.8. The summed E-state index contributed by atoms with van der Waals surface area (Å²) in [4.78, 5) is 21.5. The minimum Gasteiger partial charge on any atom is -0.368 e. The molecule has 12 heteroatoms. The number of nitrogens with zero attached hydrogens (tertiary/aromatic N) is 5. The van der Waals surface area contributed by atoms with Gasteiger partial charge in [0.2, 0.25) is 10.0 Å². The van der Waals surface area contributed by atoms with Crippen molar-refractivity contribution in [1.29, 1.82) is 0 Å². The van der Waals surface area contributed by atoms with Gasteiger partial charge in [-0.25, -0.2) is 18.4 Å². The van der Waals surface area contributed by atoms with Crippen LogP contribution in [0.3, 0.4) is 0 Å². The molecule has 5 rings (SSSR count). The number of nitro benzene ring substituents is 1. The number of hydrogen-bond donors (Lipinski definition) is 1. The van der Waals surface area contributed by atoms with Crippen molar-refractivity contribution in [3.8, 4) is 0 Å². The molecular weight excluding hydrogens is 484 g/mol. The predicted octanol–water partition coefficient (Wildman–Crippen LogP) is 3.31. The number of rotatable bonds is 7. The van der Waals surface area contributed by atoms with Gasteiger partial charge in [-0.3, -0.25) is 10.1 Å². The first-order valence-corrected chi connectivity index (χ1v) is 13.0. The average Bonchev–Trinajstić information content (AvgIpc) is 3.22. The summed E-state index contributed by atoms with van der Waals surface area (Å²) in [5.74, 6) is 1.11. The van der Waals surface area contributed by atoms with Gasteiger partial charge in [0.05, 0.1) is 28.0 Å². The van der Waals surface area contributed by atoms with Gasteiger partial charge in [0.1, 0.15) is 18.0 Å². The van der Waals surface area contributed by atoms with E-state index in [1.807, 2.05) is 44.2 Å². The van der Waals surface area contributed by atoms with Crippen molar-refractivity contribution in [3.63, 3.8) is 0 Å². The summed E-state index contributed by atoms with van der Waals surface area (Å²) in [5, 5.41) is 14.3. The first kappa shape index (κ1) is 24.1. The second kappa shape index (κ2) is 9.45. The molecule has 2 aliphatic rings. The number of hydrogen-bond acceptors (Lipinski definition) is 9. The predicted molar refractivity (Wildman–Crippen MR) is 133 cm³/mol. The Kier molecular flexibility index (Phi) is 6.33. The second-order valence-electron chi connectivity index (χ2n) is 8.97. The minimum atomic E-state index is -4.06. The van der Waals surface area contributed by atoms with Crippen LogP contribution >= 0.6 is 0 Å². The van der Waals surface area contributed by atoms with Crippen molar-refractivity contribution < 1.29 is 18.1 Å². The van der Waals surface area contributed by atoms with E-state index in [2.05, 4.69) is 20.2 Å². The quantitative estimate of drug-likeness (QED) is 0.376. The van der Waals surface area contributed by atoms with E-state index in [0.29, 0.717) is 30.3 Å². The molecule has 0 aliphatic carbocycles. The Morgan fingerprint density at radius 2 is 1.89 bits per heavy atom. The zero-order valence-corrected chi connectivity index (χ0v) is 20.6. The normalized spacial score (nSPS) is 19.4. The Morgan fingerprint density at radius 1 is 1.17 bits per heavy atom. The highest BCUT2D eigenvalue weighted by atomic mass is 32.2. The van der Waals surface area contributed by atoms with Gasteiger partial charge in [-0.05, 0) is 31.5 Å². The summed E-state index contributed by atoms with van der Waals surface area (Å²) in [6, 6.07) is 14.4. The molecule has 2 aromatic carbocycles. The summed E-state index contributed by atoms with van der Waals surface area (Å²) in [6.07, 6.45) is 0.517. The summed E-state index contributed by atoms with van der Waals surface area (Å²) < 4.78 is 35.0. The van der Waals surface area contributed by atoms with Crippen molar-refractivity contribution >= 4 is 27.3 Å². The number of fused-ring (bicyclic) bond motifs is 4. The topological polar surface area (TPSA) is 131 Å². The Bertz CT molecular complexity index is 1370. The van der Waals surface area contributed by atoms with Crippen LogP contribution in [0, 0.1) is 10.1 Å². The molecule has 0 unspecified atom stereocenters. The van der Waals surface area contributed by atoms with Crippen molar-refractivity contribution in [2.24, 2.45) is 0 Å². The highest BCUT2D eigenvalue weighted by molar-refractivity contribution is 7.89. The molecule has 188 valence electrons. The largest absolute Gasteiger partial charge is 0.368 e. The van der Waals surface area contributed by atoms with E-state index in [-0.39, 0.29) is 23.2 Å². The SMILES string of the molecule is CC(C)N(Cc1ccccc1)c1ncnc2c1[C@@H]1OC[C@H](CN2)N1S(=O)(=O)c1ccc([N+](=O)[O-])cc1. The molecule has 0 spiro atoms. The number of aromatic nitrogens is 2. The fourth-order valence-electron chi connectivity index (χ4n) is 4.56. The van der Waals surface area contributed by atoms with E-state index in [9.17, 15) is 18.5 Å². The second-order valence-corrected chi connectivity index (χ2v) is 10.8. The molecule has 36 heavy (non-hydrogen) atoms. The number of non-ortho nitro benzene ring substituents is 1. The maximum absolute atomic E-state index is 13.8. The fraction of sp³-hybridized carbons (Fsp3) is 0.333. The molecule has 1 aromatic heterocycles. The van der Waals surface area contributed by atoms with Crippen LogP contribution in [-0.2, 0) is 21.3 Å². The van der Waals surface area contributed by atoms with Gasteiger partial charge in [0, 0.05) is 31.3 Å². The Morgan fingerprint density at radius 3 is 2.56 bits per heavy atom. The lowest BCUT2D eigenvalue weighted by atomic mass is 10.1. The lowest BCUT2D eigenvalue weighted by Gasteiger charge is -2.32. The van der Waals surface area contributed by atoms with Gasteiger partial charge in [0.15, 0.2) is 6.23 Å². The summed E-state index contributed by atoms with van der Waals surface area (Å²) in [7, 11) is -4.06. The smallest absolute Gasteiger partial charge is 0.269 e. The molecule has 0 radical (unpaired) electrons. The van der Waals surface area contributed by atoms with Crippen LogP contribution in [0.4, 0.5) is 17.3 Å². The highest BCUT2D eigenvalue weighted by Crippen LogP contribution is 2.44. The minimum absolute atomic E-state index is 0.0412.